The molecule has 0 aliphatic rings. The summed E-state index contributed by atoms with van der Waals surface area (Å²) in [6.45, 7) is 2.10. The molecule has 0 N–H and O–H groups in total. The lowest BCUT2D eigenvalue weighted by atomic mass is 10.0. The zero-order valence-electron chi connectivity index (χ0n) is 14.9. The van der Waals surface area contributed by atoms with E-state index >= 15 is 0 Å². The zero-order chi connectivity index (χ0) is 19.1. The number of benzene rings is 2. The minimum absolute atomic E-state index is 0.0229. The number of nitriles is 1. The maximum atomic E-state index is 9.15. The maximum Gasteiger partial charge on any atom is 0.177 e. The Morgan fingerprint density at radius 3 is 2.89 bits per heavy atom. The van der Waals surface area contributed by atoms with Crippen molar-refractivity contribution in [3.05, 3.63) is 77.1 Å². The third-order valence-electron chi connectivity index (χ3n) is 4.82. The first-order valence-electron chi connectivity index (χ1n) is 8.79. The quantitative estimate of drug-likeness (QED) is 0.461. The van der Waals surface area contributed by atoms with Crippen LogP contribution in [0.1, 0.15) is 29.8 Å². The summed E-state index contributed by atoms with van der Waals surface area (Å²) in [5.74, 6) is 0.798. The van der Waals surface area contributed by atoms with Crippen molar-refractivity contribution in [2.75, 3.05) is 0 Å². The van der Waals surface area contributed by atoms with Crippen LogP contribution >= 0.6 is 11.3 Å². The highest BCUT2D eigenvalue weighted by Gasteiger charge is 2.18. The summed E-state index contributed by atoms with van der Waals surface area (Å²) >= 11 is 1.63. The van der Waals surface area contributed by atoms with Crippen molar-refractivity contribution in [2.45, 2.75) is 12.8 Å². The van der Waals surface area contributed by atoms with Crippen LogP contribution in [0.3, 0.4) is 0 Å². The largest absolute Gasteiger partial charge is 0.245 e. The molecule has 5 rings (SSSR count). The van der Waals surface area contributed by atoms with Crippen LogP contribution in [0.5, 0.6) is 0 Å². The maximum absolute atomic E-state index is 9.15. The Morgan fingerprint density at radius 1 is 1.07 bits per heavy atom. The number of aromatic nitrogens is 5. The lowest BCUT2D eigenvalue weighted by Crippen LogP contribution is -2.05. The molecular weight excluding hydrogens is 368 g/mol. The highest BCUT2D eigenvalue weighted by Crippen LogP contribution is 2.28. The summed E-state index contributed by atoms with van der Waals surface area (Å²) in [5.41, 5.74) is 6.97. The van der Waals surface area contributed by atoms with Crippen LogP contribution in [0, 0.1) is 11.3 Å². The third kappa shape index (κ3) is 2.71. The van der Waals surface area contributed by atoms with E-state index in [1.54, 1.807) is 21.9 Å². The van der Waals surface area contributed by atoms with Crippen LogP contribution in [0.2, 0.25) is 0 Å². The standard InChI is InChI=1S/C21H14N6S/c1-13(15-5-6-18-19(10-15)28-12-23-18)21-25-24-20-8-7-17(26-27(20)21)16-4-2-3-14(9-16)11-22/h2-10,12-13H,1H3/t13-/m0/s1. The molecule has 3 heterocycles. The van der Waals surface area contributed by atoms with Gasteiger partial charge in [0.15, 0.2) is 11.5 Å². The number of thiazole rings is 1. The van der Waals surface area contributed by atoms with Crippen molar-refractivity contribution in [3.63, 3.8) is 0 Å². The van der Waals surface area contributed by atoms with Crippen LogP contribution < -0.4 is 0 Å². The minimum atomic E-state index is 0.0229. The van der Waals surface area contributed by atoms with Crippen molar-refractivity contribution >= 4 is 27.2 Å². The fourth-order valence-corrected chi connectivity index (χ4v) is 3.99. The van der Waals surface area contributed by atoms with Gasteiger partial charge in [0.2, 0.25) is 0 Å². The molecule has 0 bridgehead atoms. The molecule has 5 aromatic rings. The smallest absolute Gasteiger partial charge is 0.177 e. The molecule has 0 saturated carbocycles. The number of hydrogen-bond acceptors (Lipinski definition) is 6. The monoisotopic (exact) mass is 382 g/mol. The summed E-state index contributed by atoms with van der Waals surface area (Å²) in [6.07, 6.45) is 0. The van der Waals surface area contributed by atoms with E-state index < -0.39 is 0 Å². The van der Waals surface area contributed by atoms with E-state index in [-0.39, 0.29) is 5.92 Å². The molecule has 0 fully saturated rings. The van der Waals surface area contributed by atoms with Crippen LogP contribution in [-0.4, -0.2) is 24.8 Å². The van der Waals surface area contributed by atoms with E-state index in [4.69, 9.17) is 10.4 Å². The summed E-state index contributed by atoms with van der Waals surface area (Å²) in [7, 11) is 0. The van der Waals surface area contributed by atoms with Crippen molar-refractivity contribution in [2.24, 2.45) is 0 Å². The molecule has 134 valence electrons. The van der Waals surface area contributed by atoms with Crippen molar-refractivity contribution < 1.29 is 0 Å². The third-order valence-corrected chi connectivity index (χ3v) is 5.61. The molecule has 0 amide bonds. The van der Waals surface area contributed by atoms with Gasteiger partial charge in [-0.2, -0.15) is 14.9 Å². The Hall–Kier alpha value is -3.63. The number of fused-ring (bicyclic) bond motifs is 2. The minimum Gasteiger partial charge on any atom is -0.245 e. The highest BCUT2D eigenvalue weighted by atomic mass is 32.1. The molecule has 7 heteroatoms. The molecule has 0 radical (unpaired) electrons. The van der Waals surface area contributed by atoms with Gasteiger partial charge in [-0.25, -0.2) is 4.98 Å². The van der Waals surface area contributed by atoms with Gasteiger partial charge in [-0.3, -0.25) is 0 Å². The topological polar surface area (TPSA) is 79.8 Å². The van der Waals surface area contributed by atoms with Gasteiger partial charge in [0, 0.05) is 11.5 Å². The van der Waals surface area contributed by atoms with E-state index in [0.29, 0.717) is 11.2 Å². The highest BCUT2D eigenvalue weighted by molar-refractivity contribution is 7.16. The van der Waals surface area contributed by atoms with Gasteiger partial charge < -0.3 is 0 Å². The van der Waals surface area contributed by atoms with Gasteiger partial charge in [-0.05, 0) is 42.0 Å². The average molecular weight is 382 g/mol. The fraction of sp³-hybridized carbons (Fsp3) is 0.0952. The molecule has 0 saturated heterocycles. The van der Waals surface area contributed by atoms with E-state index in [1.807, 2.05) is 41.9 Å². The van der Waals surface area contributed by atoms with Crippen molar-refractivity contribution in [1.82, 2.24) is 24.8 Å². The molecule has 0 aliphatic carbocycles. The molecule has 3 aromatic heterocycles. The molecule has 0 spiro atoms. The first kappa shape index (κ1) is 16.5. The normalized spacial score (nSPS) is 12.3. The summed E-state index contributed by atoms with van der Waals surface area (Å²) in [6, 6.07) is 19.7. The predicted octanol–water partition coefficient (Wildman–Crippen LogP) is 4.42. The van der Waals surface area contributed by atoms with Gasteiger partial charge in [0.25, 0.3) is 0 Å². The van der Waals surface area contributed by atoms with E-state index in [9.17, 15) is 0 Å². The summed E-state index contributed by atoms with van der Waals surface area (Å²) in [4.78, 5) is 4.34. The van der Waals surface area contributed by atoms with Gasteiger partial charge in [0.05, 0.1) is 33.1 Å². The molecular formula is C21H14N6S. The second kappa shape index (κ2) is 6.51. The fourth-order valence-electron chi connectivity index (χ4n) is 3.27. The first-order chi connectivity index (χ1) is 13.7. The lowest BCUT2D eigenvalue weighted by Gasteiger charge is -2.10. The predicted molar refractivity (Wildman–Crippen MR) is 108 cm³/mol. The van der Waals surface area contributed by atoms with Gasteiger partial charge in [-0.15, -0.1) is 21.5 Å². The Kier molecular flexibility index (Phi) is 3.85. The van der Waals surface area contributed by atoms with E-state index in [1.165, 1.54) is 0 Å². The van der Waals surface area contributed by atoms with Gasteiger partial charge in [-0.1, -0.05) is 25.1 Å². The lowest BCUT2D eigenvalue weighted by molar-refractivity contribution is 0.753. The second-order valence-corrected chi connectivity index (χ2v) is 7.43. The molecule has 28 heavy (non-hydrogen) atoms. The van der Waals surface area contributed by atoms with E-state index in [2.05, 4.69) is 40.3 Å². The van der Waals surface area contributed by atoms with Gasteiger partial charge >= 0.3 is 0 Å². The van der Waals surface area contributed by atoms with Crippen LogP contribution in [-0.2, 0) is 0 Å². The number of rotatable bonds is 3. The summed E-state index contributed by atoms with van der Waals surface area (Å²) in [5, 5.41) is 22.6. The molecule has 6 nitrogen and oxygen atoms in total. The first-order valence-corrected chi connectivity index (χ1v) is 9.67. The van der Waals surface area contributed by atoms with Crippen LogP contribution in [0.25, 0.3) is 27.1 Å². The molecule has 0 unspecified atom stereocenters. The van der Waals surface area contributed by atoms with Crippen LogP contribution in [0.4, 0.5) is 0 Å². The van der Waals surface area contributed by atoms with Crippen molar-refractivity contribution in [3.8, 4) is 17.3 Å². The molecule has 1 atom stereocenters. The number of nitrogens with zero attached hydrogens (tertiary/aromatic N) is 6. The van der Waals surface area contributed by atoms with Crippen LogP contribution in [0.15, 0.2) is 60.1 Å². The van der Waals surface area contributed by atoms with E-state index in [0.717, 1.165) is 32.9 Å². The summed E-state index contributed by atoms with van der Waals surface area (Å²) < 4.78 is 2.94. The Balaban J connectivity index is 1.60. The average Bonchev–Trinajstić information content (AvgIpc) is 3.39. The van der Waals surface area contributed by atoms with Gasteiger partial charge in [0.1, 0.15) is 0 Å². The Bertz CT molecular complexity index is 1360. The zero-order valence-corrected chi connectivity index (χ0v) is 15.8. The molecule has 2 aromatic carbocycles. The Morgan fingerprint density at radius 2 is 2.00 bits per heavy atom. The van der Waals surface area contributed by atoms with Crippen molar-refractivity contribution in [1.29, 1.82) is 5.26 Å². The SMILES string of the molecule is C[C@@H](c1ccc2ncsc2c1)c1nnc2ccc(-c3cccc(C#N)c3)nn12. The second-order valence-electron chi connectivity index (χ2n) is 6.54. The molecule has 0 aliphatic heterocycles. The number of hydrogen-bond donors (Lipinski definition) is 0. The Labute approximate surface area is 164 Å².